The molecular formula is C45H25N3. The fourth-order valence-electron chi connectivity index (χ4n) is 8.51. The van der Waals surface area contributed by atoms with Crippen molar-refractivity contribution >= 4 is 21.8 Å². The topological polar surface area (TPSA) is 52.5 Å². The first-order chi connectivity index (χ1) is 23.7. The minimum atomic E-state index is -0.550. The molecule has 1 aromatic heterocycles. The number of hydrogen-bond donors (Lipinski definition) is 0. The molecule has 0 saturated carbocycles. The largest absolute Gasteiger partial charge is 0.309 e. The molecule has 48 heavy (non-hydrogen) atoms. The van der Waals surface area contributed by atoms with Crippen molar-refractivity contribution in [3.63, 3.8) is 0 Å². The van der Waals surface area contributed by atoms with Crippen molar-refractivity contribution in [1.29, 1.82) is 10.5 Å². The number of nitriles is 2. The highest BCUT2D eigenvalue weighted by atomic mass is 15.0. The summed E-state index contributed by atoms with van der Waals surface area (Å²) in [6.45, 7) is 0. The molecule has 0 N–H and O–H groups in total. The third-order valence-corrected chi connectivity index (χ3v) is 10.4. The van der Waals surface area contributed by atoms with Crippen molar-refractivity contribution in [2.45, 2.75) is 5.41 Å². The molecule has 1 aliphatic heterocycles. The van der Waals surface area contributed by atoms with Gasteiger partial charge in [-0.3, -0.25) is 0 Å². The van der Waals surface area contributed by atoms with Crippen LogP contribution in [0.1, 0.15) is 33.4 Å². The van der Waals surface area contributed by atoms with Crippen molar-refractivity contribution in [2.24, 2.45) is 0 Å². The van der Waals surface area contributed by atoms with Gasteiger partial charge in [0.1, 0.15) is 0 Å². The Balaban J connectivity index is 1.35. The molecular weight excluding hydrogens is 583 g/mol. The van der Waals surface area contributed by atoms with Gasteiger partial charge in [-0.15, -0.1) is 0 Å². The van der Waals surface area contributed by atoms with E-state index in [1.165, 1.54) is 60.9 Å². The predicted molar refractivity (Wildman–Crippen MR) is 192 cm³/mol. The van der Waals surface area contributed by atoms with E-state index in [2.05, 4.69) is 132 Å². The van der Waals surface area contributed by atoms with Crippen molar-refractivity contribution in [2.75, 3.05) is 0 Å². The summed E-state index contributed by atoms with van der Waals surface area (Å²) in [4.78, 5) is 0. The van der Waals surface area contributed by atoms with E-state index in [0.29, 0.717) is 11.1 Å². The van der Waals surface area contributed by atoms with E-state index in [9.17, 15) is 10.5 Å². The lowest BCUT2D eigenvalue weighted by atomic mass is 9.65. The van der Waals surface area contributed by atoms with Crippen molar-refractivity contribution < 1.29 is 0 Å². The maximum Gasteiger partial charge on any atom is 0.0991 e. The number of para-hydroxylation sites is 3. The standard InChI is InChI=1S/C45H25N3/c46-26-28-8-5-10-30(22-28)32-18-20-38-36(24-32)37-25-33(31-11-6-9-29(23-31)27-47)19-21-39(37)45(38)40-14-2-4-17-43(40)48-42-16-3-1-12-34(42)35-13-7-15-41(45)44(35)48/h1-25H. The molecule has 2 aliphatic rings. The fourth-order valence-corrected chi connectivity index (χ4v) is 8.51. The highest BCUT2D eigenvalue weighted by Gasteiger charge is 2.50. The first-order valence-electron chi connectivity index (χ1n) is 16.1. The Kier molecular flexibility index (Phi) is 5.34. The lowest BCUT2D eigenvalue weighted by Crippen LogP contribution is -2.33. The second kappa shape index (κ2) is 9.66. The fraction of sp³-hybridized carbons (Fsp3) is 0.0222. The van der Waals surface area contributed by atoms with Crippen LogP contribution < -0.4 is 0 Å². The Bertz CT molecular complexity index is 2660. The Morgan fingerprint density at radius 2 is 0.979 bits per heavy atom. The van der Waals surface area contributed by atoms with Gasteiger partial charge in [-0.1, -0.05) is 103 Å². The van der Waals surface area contributed by atoms with E-state index < -0.39 is 5.41 Å². The van der Waals surface area contributed by atoms with Crippen LogP contribution in [0.4, 0.5) is 0 Å². The number of benzene rings is 7. The van der Waals surface area contributed by atoms with Gasteiger partial charge in [0, 0.05) is 10.8 Å². The molecule has 0 amide bonds. The summed E-state index contributed by atoms with van der Waals surface area (Å²) in [6.07, 6.45) is 0. The number of hydrogen-bond acceptors (Lipinski definition) is 2. The molecule has 10 rings (SSSR count). The van der Waals surface area contributed by atoms with E-state index in [1.54, 1.807) is 0 Å². The van der Waals surface area contributed by atoms with Crippen LogP contribution in [0, 0.1) is 22.7 Å². The Hall–Kier alpha value is -6.68. The quantitative estimate of drug-likeness (QED) is 0.196. The van der Waals surface area contributed by atoms with Gasteiger partial charge in [-0.2, -0.15) is 10.5 Å². The molecule has 0 bridgehead atoms. The zero-order valence-electron chi connectivity index (χ0n) is 25.8. The molecule has 1 aliphatic carbocycles. The van der Waals surface area contributed by atoms with E-state index >= 15 is 0 Å². The van der Waals surface area contributed by atoms with Gasteiger partial charge in [-0.25, -0.2) is 0 Å². The zero-order chi connectivity index (χ0) is 32.0. The molecule has 3 nitrogen and oxygen atoms in total. The molecule has 1 spiro atoms. The first-order valence-corrected chi connectivity index (χ1v) is 16.1. The van der Waals surface area contributed by atoms with Gasteiger partial charge in [0.2, 0.25) is 0 Å². The SMILES string of the molecule is N#Cc1cccc(-c2ccc3c(c2)-c2cc(-c4cccc(C#N)c4)ccc2C32c3ccccc3-n3c4ccccc4c4cccc2c43)c1. The summed E-state index contributed by atoms with van der Waals surface area (Å²) >= 11 is 0. The van der Waals surface area contributed by atoms with E-state index in [4.69, 9.17) is 0 Å². The number of nitrogens with zero attached hydrogens (tertiary/aromatic N) is 3. The average molecular weight is 608 g/mol. The summed E-state index contributed by atoms with van der Waals surface area (Å²) in [7, 11) is 0. The van der Waals surface area contributed by atoms with Crippen molar-refractivity contribution in [3.05, 3.63) is 185 Å². The zero-order valence-corrected chi connectivity index (χ0v) is 25.8. The Morgan fingerprint density at radius 3 is 1.65 bits per heavy atom. The summed E-state index contributed by atoms with van der Waals surface area (Å²) in [5.74, 6) is 0. The van der Waals surface area contributed by atoms with Gasteiger partial charge in [0.05, 0.1) is 45.4 Å². The van der Waals surface area contributed by atoms with Crippen LogP contribution >= 0.6 is 0 Å². The molecule has 0 fully saturated rings. The van der Waals surface area contributed by atoms with Gasteiger partial charge >= 0.3 is 0 Å². The normalized spacial score (nSPS) is 13.1. The summed E-state index contributed by atoms with van der Waals surface area (Å²) in [5.41, 5.74) is 15.9. The lowest BCUT2D eigenvalue weighted by molar-refractivity contribution is 0.748. The maximum absolute atomic E-state index is 9.66. The van der Waals surface area contributed by atoms with Gasteiger partial charge in [0.15, 0.2) is 0 Å². The number of fused-ring (bicyclic) bond motifs is 12. The van der Waals surface area contributed by atoms with Crippen LogP contribution in [-0.4, -0.2) is 4.57 Å². The lowest BCUT2D eigenvalue weighted by Gasteiger charge is -2.39. The predicted octanol–water partition coefficient (Wildman–Crippen LogP) is 10.5. The minimum absolute atomic E-state index is 0.550. The van der Waals surface area contributed by atoms with Crippen LogP contribution in [0.2, 0.25) is 0 Å². The van der Waals surface area contributed by atoms with Gasteiger partial charge < -0.3 is 4.57 Å². The molecule has 220 valence electrons. The van der Waals surface area contributed by atoms with Crippen molar-refractivity contribution in [1.82, 2.24) is 4.57 Å². The second-order valence-electron chi connectivity index (χ2n) is 12.7. The highest BCUT2D eigenvalue weighted by Crippen LogP contribution is 2.61. The third-order valence-electron chi connectivity index (χ3n) is 10.4. The molecule has 7 aromatic carbocycles. The maximum atomic E-state index is 9.66. The molecule has 0 radical (unpaired) electrons. The van der Waals surface area contributed by atoms with E-state index in [1.807, 2.05) is 36.4 Å². The second-order valence-corrected chi connectivity index (χ2v) is 12.7. The van der Waals surface area contributed by atoms with E-state index in [0.717, 1.165) is 22.3 Å². The molecule has 2 heterocycles. The Morgan fingerprint density at radius 1 is 0.438 bits per heavy atom. The van der Waals surface area contributed by atoms with Gasteiger partial charge in [0.25, 0.3) is 0 Å². The summed E-state index contributed by atoms with van der Waals surface area (Å²) in [6, 6.07) is 58.4. The average Bonchev–Trinajstić information content (AvgIpc) is 3.65. The van der Waals surface area contributed by atoms with Gasteiger partial charge in [-0.05, 0) is 104 Å². The van der Waals surface area contributed by atoms with Crippen LogP contribution in [0.15, 0.2) is 152 Å². The van der Waals surface area contributed by atoms with E-state index in [-0.39, 0.29) is 0 Å². The Labute approximate surface area is 277 Å². The van der Waals surface area contributed by atoms with Crippen LogP contribution in [0.25, 0.3) is 60.9 Å². The molecule has 0 saturated heterocycles. The smallest absolute Gasteiger partial charge is 0.0991 e. The highest BCUT2D eigenvalue weighted by molar-refractivity contribution is 6.13. The van der Waals surface area contributed by atoms with Crippen LogP contribution in [0.3, 0.4) is 0 Å². The minimum Gasteiger partial charge on any atom is -0.309 e. The van der Waals surface area contributed by atoms with Crippen LogP contribution in [-0.2, 0) is 5.41 Å². The molecule has 3 heteroatoms. The molecule has 0 unspecified atom stereocenters. The first kappa shape index (κ1) is 26.5. The van der Waals surface area contributed by atoms with Crippen molar-refractivity contribution in [3.8, 4) is 51.2 Å². The number of aromatic nitrogens is 1. The summed E-state index contributed by atoms with van der Waals surface area (Å²) < 4.78 is 2.46. The molecule has 0 atom stereocenters. The summed E-state index contributed by atoms with van der Waals surface area (Å²) in [5, 5.41) is 21.8. The number of rotatable bonds is 2. The third kappa shape index (κ3) is 3.35. The molecule has 8 aromatic rings. The van der Waals surface area contributed by atoms with Crippen LogP contribution in [0.5, 0.6) is 0 Å². The monoisotopic (exact) mass is 607 g/mol.